The second kappa shape index (κ2) is 6.35. The number of hydrogen-bond donors (Lipinski definition) is 0. The second-order valence-corrected chi connectivity index (χ2v) is 3.84. The molecule has 5 heteroatoms. The molecule has 0 saturated carbocycles. The smallest absolute Gasteiger partial charge is 0.349 e. The van der Waals surface area contributed by atoms with Crippen molar-refractivity contribution >= 4 is 23.4 Å². The largest absolute Gasteiger partial charge is 0.463 e. The molecule has 1 aromatic carbocycles. The van der Waals surface area contributed by atoms with Gasteiger partial charge in [0.1, 0.15) is 0 Å². The summed E-state index contributed by atoms with van der Waals surface area (Å²) in [6.45, 7) is 1.88. The van der Waals surface area contributed by atoms with Crippen LogP contribution in [0.5, 0.6) is 0 Å². The van der Waals surface area contributed by atoms with Crippen LogP contribution in [-0.4, -0.2) is 24.5 Å². The fourth-order valence-corrected chi connectivity index (χ4v) is 1.36. The van der Waals surface area contributed by atoms with E-state index in [0.29, 0.717) is 11.4 Å². The van der Waals surface area contributed by atoms with Crippen molar-refractivity contribution in [3.8, 4) is 0 Å². The van der Waals surface area contributed by atoms with Gasteiger partial charge in [0.2, 0.25) is 5.78 Å². The van der Waals surface area contributed by atoms with Gasteiger partial charge in [0.25, 0.3) is 6.17 Å². The van der Waals surface area contributed by atoms with Gasteiger partial charge in [-0.3, -0.25) is 4.79 Å². The highest BCUT2D eigenvalue weighted by molar-refractivity contribution is 6.31. The molecule has 0 heterocycles. The summed E-state index contributed by atoms with van der Waals surface area (Å²) >= 11 is 5.67. The summed E-state index contributed by atoms with van der Waals surface area (Å²) in [5.41, 5.74) is 0.0541. The van der Waals surface area contributed by atoms with Crippen molar-refractivity contribution in [2.75, 3.05) is 6.61 Å². The van der Waals surface area contributed by atoms with Crippen LogP contribution in [0.3, 0.4) is 0 Å². The van der Waals surface area contributed by atoms with Gasteiger partial charge in [-0.2, -0.15) is 0 Å². The second-order valence-electron chi connectivity index (χ2n) is 3.40. The third-order valence-electron chi connectivity index (χ3n) is 1.99. The maximum Gasteiger partial charge on any atom is 0.349 e. The molecule has 17 heavy (non-hydrogen) atoms. The zero-order valence-corrected chi connectivity index (χ0v) is 10.0. The quantitative estimate of drug-likeness (QED) is 0.463. The standard InChI is InChI=1S/C12H12ClFO3/c1-2-6-17-12(16)10(14)11(15)8-4-3-5-9(13)7-8/h3-5,7,10H,2,6H2,1H3. The first kappa shape index (κ1) is 13.6. The molecule has 0 amide bonds. The minimum atomic E-state index is -2.29. The molecule has 1 aromatic rings. The summed E-state index contributed by atoms with van der Waals surface area (Å²) in [7, 11) is 0. The monoisotopic (exact) mass is 258 g/mol. The Labute approximate surface area is 104 Å². The Bertz CT molecular complexity index is 420. The number of esters is 1. The van der Waals surface area contributed by atoms with Crippen LogP contribution in [0.25, 0.3) is 0 Å². The lowest BCUT2D eigenvalue weighted by atomic mass is 10.1. The summed E-state index contributed by atoms with van der Waals surface area (Å²) in [6, 6.07) is 5.78. The Kier molecular flexibility index (Phi) is 5.10. The van der Waals surface area contributed by atoms with Crippen LogP contribution in [0.1, 0.15) is 23.7 Å². The molecule has 0 aliphatic rings. The number of benzene rings is 1. The Morgan fingerprint density at radius 1 is 1.47 bits per heavy atom. The van der Waals surface area contributed by atoms with Gasteiger partial charge in [-0.1, -0.05) is 30.7 Å². The van der Waals surface area contributed by atoms with Crippen LogP contribution in [0.15, 0.2) is 24.3 Å². The molecule has 92 valence electrons. The van der Waals surface area contributed by atoms with Crippen LogP contribution in [0.2, 0.25) is 5.02 Å². The molecule has 1 unspecified atom stereocenters. The highest BCUT2D eigenvalue weighted by Crippen LogP contribution is 2.14. The Hall–Kier alpha value is -1.42. The maximum atomic E-state index is 13.5. The van der Waals surface area contributed by atoms with Crippen LogP contribution >= 0.6 is 11.6 Å². The van der Waals surface area contributed by atoms with Crippen molar-refractivity contribution in [2.45, 2.75) is 19.5 Å². The van der Waals surface area contributed by atoms with Crippen molar-refractivity contribution in [3.63, 3.8) is 0 Å². The van der Waals surface area contributed by atoms with Crippen LogP contribution < -0.4 is 0 Å². The van der Waals surface area contributed by atoms with Crippen molar-refractivity contribution in [3.05, 3.63) is 34.9 Å². The zero-order valence-electron chi connectivity index (χ0n) is 9.28. The van der Waals surface area contributed by atoms with Gasteiger partial charge in [0, 0.05) is 10.6 Å². The van der Waals surface area contributed by atoms with E-state index in [1.807, 2.05) is 0 Å². The predicted molar refractivity (Wildman–Crippen MR) is 61.9 cm³/mol. The Morgan fingerprint density at radius 3 is 2.76 bits per heavy atom. The Morgan fingerprint density at radius 2 is 2.18 bits per heavy atom. The number of halogens is 2. The first-order valence-electron chi connectivity index (χ1n) is 5.16. The third kappa shape index (κ3) is 3.82. The highest BCUT2D eigenvalue weighted by atomic mass is 35.5. The molecule has 0 saturated heterocycles. The van der Waals surface area contributed by atoms with Crippen molar-refractivity contribution in [1.82, 2.24) is 0 Å². The van der Waals surface area contributed by atoms with E-state index in [1.54, 1.807) is 13.0 Å². The maximum absolute atomic E-state index is 13.5. The van der Waals surface area contributed by atoms with E-state index in [2.05, 4.69) is 4.74 Å². The number of ether oxygens (including phenoxy) is 1. The molecular weight excluding hydrogens is 247 g/mol. The topological polar surface area (TPSA) is 43.4 Å². The normalized spacial score (nSPS) is 11.9. The SMILES string of the molecule is CCCOC(=O)C(F)C(=O)c1cccc(Cl)c1. The van der Waals surface area contributed by atoms with Crippen molar-refractivity contribution in [1.29, 1.82) is 0 Å². The number of carbonyl (C=O) groups is 2. The molecule has 0 spiro atoms. The molecule has 0 aromatic heterocycles. The molecule has 1 rings (SSSR count). The average Bonchev–Trinajstić information content (AvgIpc) is 2.34. The van der Waals surface area contributed by atoms with Gasteiger partial charge in [0.15, 0.2) is 0 Å². The Balaban J connectivity index is 2.72. The molecule has 0 N–H and O–H groups in total. The summed E-state index contributed by atoms with van der Waals surface area (Å²) in [5, 5.41) is 0.310. The van der Waals surface area contributed by atoms with Gasteiger partial charge in [-0.15, -0.1) is 0 Å². The molecule has 0 fully saturated rings. The average molecular weight is 259 g/mol. The van der Waals surface area contributed by atoms with Crippen LogP contribution in [0, 0.1) is 0 Å². The lowest BCUT2D eigenvalue weighted by Gasteiger charge is -2.07. The summed E-state index contributed by atoms with van der Waals surface area (Å²) in [5.74, 6) is -2.09. The third-order valence-corrected chi connectivity index (χ3v) is 2.23. The summed E-state index contributed by atoms with van der Waals surface area (Å²) in [4.78, 5) is 22.7. The fraction of sp³-hybridized carbons (Fsp3) is 0.333. The van der Waals surface area contributed by atoms with Gasteiger partial charge >= 0.3 is 5.97 Å². The molecule has 0 aliphatic heterocycles. The van der Waals surface area contributed by atoms with E-state index >= 15 is 0 Å². The fourth-order valence-electron chi connectivity index (χ4n) is 1.17. The number of alkyl halides is 1. The first-order valence-corrected chi connectivity index (χ1v) is 5.54. The molecular formula is C12H12ClFO3. The van der Waals surface area contributed by atoms with E-state index in [4.69, 9.17) is 11.6 Å². The molecule has 0 bridgehead atoms. The number of carbonyl (C=O) groups excluding carboxylic acids is 2. The van der Waals surface area contributed by atoms with Gasteiger partial charge < -0.3 is 4.74 Å². The van der Waals surface area contributed by atoms with Gasteiger partial charge in [-0.25, -0.2) is 9.18 Å². The van der Waals surface area contributed by atoms with Gasteiger partial charge in [-0.05, 0) is 18.6 Å². The molecule has 0 radical (unpaired) electrons. The summed E-state index contributed by atoms with van der Waals surface area (Å²) < 4.78 is 18.0. The molecule has 1 atom stereocenters. The van der Waals surface area contributed by atoms with E-state index in [-0.39, 0.29) is 12.2 Å². The van der Waals surface area contributed by atoms with Crippen molar-refractivity contribution < 1.29 is 18.7 Å². The van der Waals surface area contributed by atoms with Crippen LogP contribution in [-0.2, 0) is 9.53 Å². The number of Topliss-reactive ketones (excluding diaryl/α,β-unsaturated/α-hetero) is 1. The number of rotatable bonds is 5. The van der Waals surface area contributed by atoms with E-state index in [9.17, 15) is 14.0 Å². The van der Waals surface area contributed by atoms with Gasteiger partial charge in [0.05, 0.1) is 6.61 Å². The molecule has 3 nitrogen and oxygen atoms in total. The number of hydrogen-bond acceptors (Lipinski definition) is 3. The number of ketones is 1. The van der Waals surface area contributed by atoms with Crippen molar-refractivity contribution in [2.24, 2.45) is 0 Å². The highest BCUT2D eigenvalue weighted by Gasteiger charge is 2.28. The van der Waals surface area contributed by atoms with E-state index < -0.39 is 17.9 Å². The zero-order chi connectivity index (χ0) is 12.8. The van der Waals surface area contributed by atoms with E-state index in [1.165, 1.54) is 18.2 Å². The summed E-state index contributed by atoms with van der Waals surface area (Å²) in [6.07, 6.45) is -1.72. The predicted octanol–water partition coefficient (Wildman–Crippen LogP) is 2.81. The van der Waals surface area contributed by atoms with E-state index in [0.717, 1.165) is 0 Å². The molecule has 0 aliphatic carbocycles. The van der Waals surface area contributed by atoms with Crippen LogP contribution in [0.4, 0.5) is 4.39 Å². The first-order chi connectivity index (χ1) is 8.06. The minimum absolute atomic E-state index is 0.0541. The lowest BCUT2D eigenvalue weighted by molar-refractivity contribution is -0.147. The minimum Gasteiger partial charge on any atom is -0.463 e. The lowest BCUT2D eigenvalue weighted by Crippen LogP contribution is -2.28.